The lowest BCUT2D eigenvalue weighted by Gasteiger charge is -2.17. The molecular weight excluding hydrogens is 392 g/mol. The second-order valence-electron chi connectivity index (χ2n) is 6.00. The first-order chi connectivity index (χ1) is 12.4. The molecule has 1 aliphatic heterocycles. The van der Waals surface area contributed by atoms with Gasteiger partial charge in [-0.15, -0.1) is 11.3 Å². The van der Waals surface area contributed by atoms with Crippen molar-refractivity contribution in [2.75, 3.05) is 21.9 Å². The summed E-state index contributed by atoms with van der Waals surface area (Å²) >= 11 is 7.54. The third kappa shape index (κ3) is 3.18. The number of sulfonamides is 1. The third-order valence-electron chi connectivity index (χ3n) is 4.24. The molecule has 1 aromatic heterocycles. The zero-order valence-electron chi connectivity index (χ0n) is 13.6. The van der Waals surface area contributed by atoms with Gasteiger partial charge in [0, 0.05) is 27.3 Å². The van der Waals surface area contributed by atoms with Crippen LogP contribution in [-0.4, -0.2) is 26.6 Å². The van der Waals surface area contributed by atoms with Crippen molar-refractivity contribution < 1.29 is 13.2 Å². The summed E-state index contributed by atoms with van der Waals surface area (Å²) in [5, 5.41) is 4.32. The Morgan fingerprint density at radius 3 is 2.58 bits per heavy atom. The number of rotatable bonds is 3. The van der Waals surface area contributed by atoms with E-state index in [4.69, 9.17) is 11.6 Å². The van der Waals surface area contributed by atoms with Gasteiger partial charge in [0.2, 0.25) is 10.0 Å². The first-order valence-electron chi connectivity index (χ1n) is 8.04. The first-order valence-corrected chi connectivity index (χ1v) is 10.8. The third-order valence-corrected chi connectivity index (χ3v) is 7.54. The predicted octanol–water partition coefficient (Wildman–Crippen LogP) is 4.35. The molecule has 1 aliphatic rings. The summed E-state index contributed by atoms with van der Waals surface area (Å²) in [4.78, 5) is 13.1. The summed E-state index contributed by atoms with van der Waals surface area (Å²) in [5.41, 5.74) is 1.23. The average molecular weight is 407 g/mol. The summed E-state index contributed by atoms with van der Waals surface area (Å²) in [5.74, 6) is -0.0382. The topological polar surface area (TPSA) is 66.5 Å². The largest absolute Gasteiger partial charge is 0.321 e. The van der Waals surface area contributed by atoms with E-state index < -0.39 is 10.0 Å². The van der Waals surface area contributed by atoms with Crippen LogP contribution in [0.2, 0.25) is 5.02 Å². The second-order valence-corrected chi connectivity index (χ2v) is 9.51. The minimum atomic E-state index is -3.20. The minimum Gasteiger partial charge on any atom is -0.321 e. The standard InChI is InChI=1S/C18H15ClN2O3S2/c19-15-3-1-4-16-14(15)11-17(25-16)18(22)20-12-5-7-13(8-6-12)21-9-2-10-26(21,23)24/h1,3-8,11H,2,9-10H2,(H,20,22). The van der Waals surface area contributed by atoms with Crippen LogP contribution in [0.4, 0.5) is 11.4 Å². The van der Waals surface area contributed by atoms with E-state index in [1.54, 1.807) is 36.4 Å². The van der Waals surface area contributed by atoms with Crippen LogP contribution >= 0.6 is 22.9 Å². The molecule has 2 aromatic carbocycles. The Balaban J connectivity index is 1.53. The number of carbonyl (C=O) groups is 1. The van der Waals surface area contributed by atoms with Crippen molar-refractivity contribution in [3.63, 3.8) is 0 Å². The number of thiophene rings is 1. The van der Waals surface area contributed by atoms with Crippen LogP contribution in [0.1, 0.15) is 16.1 Å². The Morgan fingerprint density at radius 1 is 1.15 bits per heavy atom. The Labute approximate surface area is 160 Å². The highest BCUT2D eigenvalue weighted by Crippen LogP contribution is 2.31. The van der Waals surface area contributed by atoms with Gasteiger partial charge in [0.15, 0.2) is 0 Å². The highest BCUT2D eigenvalue weighted by atomic mass is 35.5. The van der Waals surface area contributed by atoms with E-state index in [1.807, 2.05) is 12.1 Å². The molecular formula is C18H15ClN2O3S2. The lowest BCUT2D eigenvalue weighted by Crippen LogP contribution is -2.24. The summed E-state index contributed by atoms with van der Waals surface area (Å²) in [6.45, 7) is 0.497. The second kappa shape index (κ2) is 6.57. The number of hydrogen-bond acceptors (Lipinski definition) is 4. The molecule has 2 heterocycles. The molecule has 1 saturated heterocycles. The number of amides is 1. The van der Waals surface area contributed by atoms with Crippen LogP contribution in [0.3, 0.4) is 0 Å². The highest BCUT2D eigenvalue weighted by Gasteiger charge is 2.28. The Kier molecular flexibility index (Phi) is 4.38. The summed E-state index contributed by atoms with van der Waals surface area (Å²) in [7, 11) is -3.20. The maximum atomic E-state index is 12.5. The Morgan fingerprint density at radius 2 is 1.92 bits per heavy atom. The Hall–Kier alpha value is -2.09. The quantitative estimate of drug-likeness (QED) is 0.703. The van der Waals surface area contributed by atoms with Crippen molar-refractivity contribution in [2.45, 2.75) is 6.42 Å². The maximum Gasteiger partial charge on any atom is 0.265 e. The molecule has 0 saturated carbocycles. The fraction of sp³-hybridized carbons (Fsp3) is 0.167. The van der Waals surface area contributed by atoms with Crippen molar-refractivity contribution in [2.24, 2.45) is 0 Å². The Bertz CT molecular complexity index is 1090. The van der Waals surface area contributed by atoms with E-state index in [-0.39, 0.29) is 11.7 Å². The van der Waals surface area contributed by atoms with Gasteiger partial charge in [0.05, 0.1) is 16.3 Å². The fourth-order valence-corrected chi connectivity index (χ4v) is 5.80. The van der Waals surface area contributed by atoms with Gasteiger partial charge in [-0.05, 0) is 48.9 Å². The lowest BCUT2D eigenvalue weighted by molar-refractivity contribution is 0.103. The SMILES string of the molecule is O=C(Nc1ccc(N2CCCS2(=O)=O)cc1)c1cc2c(Cl)cccc2s1. The molecule has 1 fully saturated rings. The molecule has 134 valence electrons. The van der Waals surface area contributed by atoms with Gasteiger partial charge in [-0.1, -0.05) is 17.7 Å². The van der Waals surface area contributed by atoms with Crippen LogP contribution in [0, 0.1) is 0 Å². The van der Waals surface area contributed by atoms with Gasteiger partial charge in [0.25, 0.3) is 5.91 Å². The molecule has 0 unspecified atom stereocenters. The first kappa shape index (κ1) is 17.3. The van der Waals surface area contributed by atoms with Gasteiger partial charge in [-0.25, -0.2) is 8.42 Å². The van der Waals surface area contributed by atoms with Crippen LogP contribution in [0.5, 0.6) is 0 Å². The fourth-order valence-electron chi connectivity index (χ4n) is 2.97. The van der Waals surface area contributed by atoms with Crippen LogP contribution in [0.15, 0.2) is 48.5 Å². The number of hydrogen-bond donors (Lipinski definition) is 1. The minimum absolute atomic E-state index is 0.181. The molecule has 5 nitrogen and oxygen atoms in total. The van der Waals surface area contributed by atoms with E-state index in [0.29, 0.717) is 34.2 Å². The number of halogens is 1. The number of nitrogens with one attached hydrogen (secondary N) is 1. The summed E-state index contributed by atoms with van der Waals surface area (Å²) in [6, 6.07) is 14.2. The predicted molar refractivity (Wildman–Crippen MR) is 107 cm³/mol. The van der Waals surface area contributed by atoms with Crippen molar-refractivity contribution in [1.29, 1.82) is 0 Å². The van der Waals surface area contributed by atoms with E-state index in [1.165, 1.54) is 15.6 Å². The summed E-state index contributed by atoms with van der Waals surface area (Å²) in [6.07, 6.45) is 0.634. The molecule has 3 aromatic rings. The number of benzene rings is 2. The molecule has 8 heteroatoms. The van der Waals surface area contributed by atoms with Crippen LogP contribution < -0.4 is 9.62 Å². The smallest absolute Gasteiger partial charge is 0.265 e. The monoisotopic (exact) mass is 406 g/mol. The molecule has 1 N–H and O–H groups in total. The molecule has 0 radical (unpaired) electrons. The summed E-state index contributed by atoms with van der Waals surface area (Å²) < 4.78 is 26.3. The van der Waals surface area contributed by atoms with Crippen molar-refractivity contribution >= 4 is 60.3 Å². The van der Waals surface area contributed by atoms with E-state index in [9.17, 15) is 13.2 Å². The maximum absolute atomic E-state index is 12.5. The highest BCUT2D eigenvalue weighted by molar-refractivity contribution is 7.93. The van der Waals surface area contributed by atoms with Gasteiger partial charge < -0.3 is 5.32 Å². The van der Waals surface area contributed by atoms with E-state index in [2.05, 4.69) is 5.32 Å². The van der Waals surface area contributed by atoms with Crippen molar-refractivity contribution in [3.8, 4) is 0 Å². The number of anilines is 2. The number of nitrogens with zero attached hydrogens (tertiary/aromatic N) is 1. The zero-order chi connectivity index (χ0) is 18.3. The molecule has 1 amide bonds. The van der Waals surface area contributed by atoms with Gasteiger partial charge >= 0.3 is 0 Å². The van der Waals surface area contributed by atoms with Gasteiger partial charge in [-0.2, -0.15) is 0 Å². The lowest BCUT2D eigenvalue weighted by atomic mass is 10.2. The van der Waals surface area contributed by atoms with Crippen molar-refractivity contribution in [1.82, 2.24) is 0 Å². The molecule has 0 spiro atoms. The molecule has 26 heavy (non-hydrogen) atoms. The van der Waals surface area contributed by atoms with Crippen LogP contribution in [-0.2, 0) is 10.0 Å². The van der Waals surface area contributed by atoms with E-state index in [0.717, 1.165) is 10.1 Å². The average Bonchev–Trinajstić information content (AvgIpc) is 3.19. The molecule has 0 bridgehead atoms. The van der Waals surface area contributed by atoms with E-state index >= 15 is 0 Å². The number of carbonyl (C=O) groups excluding carboxylic acids is 1. The number of fused-ring (bicyclic) bond motifs is 1. The van der Waals surface area contributed by atoms with Crippen LogP contribution in [0.25, 0.3) is 10.1 Å². The van der Waals surface area contributed by atoms with Gasteiger partial charge in [-0.3, -0.25) is 9.10 Å². The van der Waals surface area contributed by atoms with Gasteiger partial charge in [0.1, 0.15) is 0 Å². The zero-order valence-corrected chi connectivity index (χ0v) is 16.0. The normalized spacial score (nSPS) is 16.1. The molecule has 4 rings (SSSR count). The molecule has 0 aliphatic carbocycles. The molecule has 0 atom stereocenters. The van der Waals surface area contributed by atoms with Crippen molar-refractivity contribution in [3.05, 3.63) is 58.4 Å².